The molecule has 0 spiro atoms. The van der Waals surface area contributed by atoms with E-state index in [2.05, 4.69) is 21.4 Å². The van der Waals surface area contributed by atoms with Gasteiger partial charge in [0.25, 0.3) is 0 Å². The summed E-state index contributed by atoms with van der Waals surface area (Å²) >= 11 is 4.77. The van der Waals surface area contributed by atoms with E-state index >= 15 is 0 Å². The molecule has 1 aromatic heterocycles. The van der Waals surface area contributed by atoms with Crippen molar-refractivity contribution >= 4 is 27.3 Å². The monoisotopic (exact) mass is 300 g/mol. The van der Waals surface area contributed by atoms with Crippen molar-refractivity contribution in [2.75, 3.05) is 0 Å². The first-order chi connectivity index (χ1) is 7.72. The van der Waals surface area contributed by atoms with E-state index < -0.39 is 0 Å². The Morgan fingerprint density at radius 2 is 2.12 bits per heavy atom. The fourth-order valence-corrected chi connectivity index (χ4v) is 2.60. The number of nitrogens with two attached hydrogens (primary N) is 1. The fourth-order valence-electron chi connectivity index (χ4n) is 1.52. The summed E-state index contributed by atoms with van der Waals surface area (Å²) < 4.78 is 13.6. The van der Waals surface area contributed by atoms with Gasteiger partial charge >= 0.3 is 0 Å². The Balaban J connectivity index is 2.37. The zero-order valence-corrected chi connectivity index (χ0v) is 10.7. The molecule has 1 heterocycles. The molecule has 1 unspecified atom stereocenters. The number of thiophene rings is 1. The van der Waals surface area contributed by atoms with Crippen LogP contribution in [-0.2, 0) is 0 Å². The third-order valence-electron chi connectivity index (χ3n) is 2.32. The van der Waals surface area contributed by atoms with Gasteiger partial charge in [0.05, 0.1) is 10.5 Å². The van der Waals surface area contributed by atoms with Crippen LogP contribution in [0.15, 0.2) is 39.5 Å². The third kappa shape index (κ3) is 2.32. The average molecular weight is 301 g/mol. The highest BCUT2D eigenvalue weighted by molar-refractivity contribution is 9.10. The first-order valence-electron chi connectivity index (χ1n) is 4.65. The largest absolute Gasteiger partial charge is 0.271 e. The van der Waals surface area contributed by atoms with Crippen molar-refractivity contribution in [1.29, 1.82) is 0 Å². The van der Waals surface area contributed by atoms with Gasteiger partial charge in [0, 0.05) is 0 Å². The molecule has 2 aromatic rings. The predicted octanol–water partition coefficient (Wildman–Crippen LogP) is 3.20. The highest BCUT2D eigenvalue weighted by Crippen LogP contribution is 2.26. The number of benzene rings is 1. The molecule has 2 nitrogen and oxygen atoms in total. The van der Waals surface area contributed by atoms with Crippen molar-refractivity contribution in [3.05, 3.63) is 56.4 Å². The number of nitrogens with one attached hydrogen (secondary N) is 1. The second-order valence-electron chi connectivity index (χ2n) is 3.33. The summed E-state index contributed by atoms with van der Waals surface area (Å²) in [6.45, 7) is 0. The molecule has 1 atom stereocenters. The van der Waals surface area contributed by atoms with Gasteiger partial charge in [0.15, 0.2) is 0 Å². The van der Waals surface area contributed by atoms with Gasteiger partial charge in [0.2, 0.25) is 0 Å². The number of hydrogen-bond donors (Lipinski definition) is 2. The van der Waals surface area contributed by atoms with Crippen LogP contribution < -0.4 is 11.3 Å². The minimum atomic E-state index is -0.273. The van der Waals surface area contributed by atoms with Crippen LogP contribution in [0.1, 0.15) is 17.2 Å². The van der Waals surface area contributed by atoms with Crippen molar-refractivity contribution in [1.82, 2.24) is 5.43 Å². The number of hydrazine groups is 1. The van der Waals surface area contributed by atoms with Crippen LogP contribution in [0.4, 0.5) is 4.39 Å². The van der Waals surface area contributed by atoms with E-state index in [-0.39, 0.29) is 11.9 Å². The molecule has 0 bridgehead atoms. The highest BCUT2D eigenvalue weighted by atomic mass is 79.9. The topological polar surface area (TPSA) is 38.0 Å². The van der Waals surface area contributed by atoms with Gasteiger partial charge in [-0.15, -0.1) is 0 Å². The highest BCUT2D eigenvalue weighted by Gasteiger charge is 2.13. The van der Waals surface area contributed by atoms with Crippen molar-refractivity contribution in [3.63, 3.8) is 0 Å². The summed E-state index contributed by atoms with van der Waals surface area (Å²) in [7, 11) is 0. The lowest BCUT2D eigenvalue weighted by Crippen LogP contribution is -2.28. The molecular formula is C11H10BrFN2S. The second-order valence-corrected chi connectivity index (χ2v) is 4.96. The summed E-state index contributed by atoms with van der Waals surface area (Å²) in [6, 6.07) is 6.77. The molecule has 84 valence electrons. The second kappa shape index (κ2) is 5.05. The van der Waals surface area contributed by atoms with Crippen LogP contribution in [0.25, 0.3) is 0 Å². The summed E-state index contributed by atoms with van der Waals surface area (Å²) in [5.74, 6) is 5.26. The lowest BCUT2D eigenvalue weighted by Gasteiger charge is -2.15. The average Bonchev–Trinajstić information content (AvgIpc) is 2.78. The quantitative estimate of drug-likeness (QED) is 0.675. The van der Waals surface area contributed by atoms with E-state index in [1.807, 2.05) is 16.8 Å². The molecule has 0 amide bonds. The smallest absolute Gasteiger partial charge is 0.137 e. The first kappa shape index (κ1) is 11.7. The van der Waals surface area contributed by atoms with E-state index in [1.54, 1.807) is 23.5 Å². The summed E-state index contributed by atoms with van der Waals surface area (Å²) in [5.41, 5.74) is 4.73. The number of hydrogen-bond acceptors (Lipinski definition) is 3. The standard InChI is InChI=1S/C11H10BrFN2S/c12-9-5-7(1-2-10(9)13)11(15-14)8-3-4-16-6-8/h1-6,11,15H,14H2. The Labute approximate surface area is 105 Å². The summed E-state index contributed by atoms with van der Waals surface area (Å²) in [6.07, 6.45) is 0. The molecule has 0 aliphatic carbocycles. The molecule has 1 aromatic carbocycles. The first-order valence-corrected chi connectivity index (χ1v) is 6.39. The Morgan fingerprint density at radius 3 is 2.69 bits per heavy atom. The van der Waals surface area contributed by atoms with Crippen LogP contribution in [0.3, 0.4) is 0 Å². The van der Waals surface area contributed by atoms with Crippen molar-refractivity contribution in [2.24, 2.45) is 5.84 Å². The summed E-state index contributed by atoms with van der Waals surface area (Å²) in [4.78, 5) is 0. The Morgan fingerprint density at radius 1 is 1.31 bits per heavy atom. The van der Waals surface area contributed by atoms with Gasteiger partial charge in [0.1, 0.15) is 5.82 Å². The minimum absolute atomic E-state index is 0.108. The summed E-state index contributed by atoms with van der Waals surface area (Å²) in [5, 5.41) is 4.00. The third-order valence-corrected chi connectivity index (χ3v) is 3.63. The van der Waals surface area contributed by atoms with Gasteiger partial charge in [-0.05, 0) is 56.0 Å². The Bertz CT molecular complexity index is 473. The number of halogens is 2. The van der Waals surface area contributed by atoms with Crippen molar-refractivity contribution in [3.8, 4) is 0 Å². The van der Waals surface area contributed by atoms with Crippen molar-refractivity contribution < 1.29 is 4.39 Å². The molecule has 0 saturated carbocycles. The van der Waals surface area contributed by atoms with E-state index in [0.29, 0.717) is 4.47 Å². The number of rotatable bonds is 3. The Kier molecular flexibility index (Phi) is 3.70. The molecule has 2 rings (SSSR count). The van der Waals surface area contributed by atoms with Gasteiger partial charge < -0.3 is 0 Å². The van der Waals surface area contributed by atoms with E-state index in [1.165, 1.54) is 6.07 Å². The lowest BCUT2D eigenvalue weighted by atomic mass is 10.0. The van der Waals surface area contributed by atoms with Crippen LogP contribution in [0.2, 0.25) is 0 Å². The van der Waals surface area contributed by atoms with Crippen molar-refractivity contribution in [2.45, 2.75) is 6.04 Å². The molecular weight excluding hydrogens is 291 g/mol. The molecule has 3 N–H and O–H groups in total. The van der Waals surface area contributed by atoms with E-state index in [9.17, 15) is 4.39 Å². The maximum atomic E-state index is 13.1. The fraction of sp³-hybridized carbons (Fsp3) is 0.0909. The van der Waals surface area contributed by atoms with Crippen LogP contribution in [0.5, 0.6) is 0 Å². The zero-order valence-electron chi connectivity index (χ0n) is 8.28. The van der Waals surface area contributed by atoms with E-state index in [0.717, 1.165) is 11.1 Å². The molecule has 0 aliphatic rings. The van der Waals surface area contributed by atoms with Crippen LogP contribution in [0, 0.1) is 5.82 Å². The molecule has 0 fully saturated rings. The van der Waals surface area contributed by atoms with Gasteiger partial charge in [-0.25, -0.2) is 9.82 Å². The molecule has 5 heteroatoms. The van der Waals surface area contributed by atoms with Gasteiger partial charge in [-0.1, -0.05) is 6.07 Å². The molecule has 16 heavy (non-hydrogen) atoms. The lowest BCUT2D eigenvalue weighted by molar-refractivity contribution is 0.610. The SMILES string of the molecule is NNC(c1ccsc1)c1ccc(F)c(Br)c1. The minimum Gasteiger partial charge on any atom is -0.271 e. The maximum Gasteiger partial charge on any atom is 0.137 e. The van der Waals surface area contributed by atoms with Gasteiger partial charge in [-0.2, -0.15) is 11.3 Å². The normalized spacial score (nSPS) is 12.7. The molecule has 0 aliphatic heterocycles. The van der Waals surface area contributed by atoms with E-state index in [4.69, 9.17) is 5.84 Å². The predicted molar refractivity (Wildman–Crippen MR) is 67.6 cm³/mol. The maximum absolute atomic E-state index is 13.1. The molecule has 0 radical (unpaired) electrons. The Hall–Kier alpha value is -0.750. The molecule has 0 saturated heterocycles. The zero-order chi connectivity index (χ0) is 11.5. The van der Waals surface area contributed by atoms with Crippen LogP contribution >= 0.6 is 27.3 Å². The van der Waals surface area contributed by atoms with Crippen LogP contribution in [-0.4, -0.2) is 0 Å². The van der Waals surface area contributed by atoms with Gasteiger partial charge in [-0.3, -0.25) is 5.84 Å².